The molecule has 0 fully saturated rings. The molecule has 1 atom stereocenters. The fourth-order valence-corrected chi connectivity index (χ4v) is 3.66. The van der Waals surface area contributed by atoms with Crippen molar-refractivity contribution in [3.05, 3.63) is 17.7 Å². The van der Waals surface area contributed by atoms with Crippen molar-refractivity contribution in [2.24, 2.45) is 0 Å². The quantitative estimate of drug-likeness (QED) is 0.678. The number of likely N-dealkylation sites (N-methyl/N-ethyl adjacent to an activating group) is 1. The van der Waals surface area contributed by atoms with Gasteiger partial charge in [0.1, 0.15) is 10.6 Å². The van der Waals surface area contributed by atoms with E-state index >= 15 is 0 Å². The summed E-state index contributed by atoms with van der Waals surface area (Å²) < 4.78 is 32.7. The lowest BCUT2D eigenvalue weighted by Gasteiger charge is -2.22. The van der Waals surface area contributed by atoms with Gasteiger partial charge in [-0.1, -0.05) is 0 Å². The first kappa shape index (κ1) is 15.6. The largest absolute Gasteiger partial charge is 0.492 e. The van der Waals surface area contributed by atoms with Crippen molar-refractivity contribution in [2.45, 2.75) is 30.7 Å². The maximum atomic E-state index is 12.5. The van der Waals surface area contributed by atoms with Crippen LogP contribution in [0.3, 0.4) is 0 Å². The van der Waals surface area contributed by atoms with Crippen LogP contribution in [-0.2, 0) is 21.2 Å². The lowest BCUT2D eigenvalue weighted by Crippen LogP contribution is -2.43. The number of sulfonamides is 1. The summed E-state index contributed by atoms with van der Waals surface area (Å²) in [4.78, 5) is 11.5. The standard InChI is InChI=1S/C13H19N3O4S/c1-8(13(17)15-2)16-21(18,19)11-7-10(14)6-9-4-3-5-20-12(9)11/h6-8,16H,3-5,14H2,1-2H3,(H,15,17). The van der Waals surface area contributed by atoms with Crippen molar-refractivity contribution in [3.8, 4) is 5.75 Å². The highest BCUT2D eigenvalue weighted by molar-refractivity contribution is 7.89. The molecule has 21 heavy (non-hydrogen) atoms. The zero-order valence-corrected chi connectivity index (χ0v) is 12.8. The zero-order chi connectivity index (χ0) is 15.6. The number of benzene rings is 1. The summed E-state index contributed by atoms with van der Waals surface area (Å²) in [5, 5.41) is 2.39. The second-order valence-electron chi connectivity index (χ2n) is 4.92. The van der Waals surface area contributed by atoms with Gasteiger partial charge in [0.2, 0.25) is 15.9 Å². The molecule has 4 N–H and O–H groups in total. The van der Waals surface area contributed by atoms with Crippen LogP contribution in [0.25, 0.3) is 0 Å². The van der Waals surface area contributed by atoms with Gasteiger partial charge in [-0.2, -0.15) is 4.72 Å². The molecule has 116 valence electrons. The highest BCUT2D eigenvalue weighted by Crippen LogP contribution is 2.34. The van der Waals surface area contributed by atoms with Crippen molar-refractivity contribution < 1.29 is 17.9 Å². The van der Waals surface area contributed by atoms with Gasteiger partial charge in [0, 0.05) is 12.7 Å². The molecule has 1 aromatic rings. The molecule has 7 nitrogen and oxygen atoms in total. The molecule has 0 saturated heterocycles. The zero-order valence-electron chi connectivity index (χ0n) is 12.0. The molecule has 1 unspecified atom stereocenters. The Hall–Kier alpha value is -1.80. The fraction of sp³-hybridized carbons (Fsp3) is 0.462. The average Bonchev–Trinajstić information content (AvgIpc) is 2.44. The number of fused-ring (bicyclic) bond motifs is 1. The molecule has 0 radical (unpaired) electrons. The third-order valence-corrected chi connectivity index (χ3v) is 4.80. The van der Waals surface area contributed by atoms with Crippen LogP contribution in [0.1, 0.15) is 18.9 Å². The van der Waals surface area contributed by atoms with E-state index in [1.54, 1.807) is 6.07 Å². The molecule has 1 aromatic carbocycles. The topological polar surface area (TPSA) is 111 Å². The van der Waals surface area contributed by atoms with E-state index in [9.17, 15) is 13.2 Å². The molecule has 0 aromatic heterocycles. The Morgan fingerprint density at radius 3 is 2.81 bits per heavy atom. The summed E-state index contributed by atoms with van der Waals surface area (Å²) in [5.74, 6) is -0.0932. The Labute approximate surface area is 123 Å². The molecule has 1 aliphatic rings. The molecule has 8 heteroatoms. The molecule has 0 spiro atoms. The van der Waals surface area contributed by atoms with Crippen molar-refractivity contribution in [1.29, 1.82) is 0 Å². The van der Waals surface area contributed by atoms with Crippen molar-refractivity contribution in [3.63, 3.8) is 0 Å². The average molecular weight is 313 g/mol. The third kappa shape index (κ3) is 3.27. The summed E-state index contributed by atoms with van der Waals surface area (Å²) >= 11 is 0. The number of carbonyl (C=O) groups excluding carboxylic acids is 1. The van der Waals surface area contributed by atoms with Crippen LogP contribution in [0.2, 0.25) is 0 Å². The summed E-state index contributed by atoms with van der Waals surface area (Å²) in [6.07, 6.45) is 1.53. The van der Waals surface area contributed by atoms with E-state index in [0.717, 1.165) is 12.0 Å². The van der Waals surface area contributed by atoms with E-state index in [2.05, 4.69) is 10.0 Å². The number of nitrogens with two attached hydrogens (primary N) is 1. The molecule has 0 saturated carbocycles. The van der Waals surface area contributed by atoms with Crippen LogP contribution in [0.15, 0.2) is 17.0 Å². The minimum atomic E-state index is -3.89. The number of aryl methyl sites for hydroxylation is 1. The normalized spacial score (nSPS) is 15.7. The lowest BCUT2D eigenvalue weighted by atomic mass is 10.1. The van der Waals surface area contributed by atoms with Crippen molar-refractivity contribution >= 4 is 21.6 Å². The van der Waals surface area contributed by atoms with Crippen LogP contribution in [0, 0.1) is 0 Å². The van der Waals surface area contributed by atoms with Crippen LogP contribution in [-0.4, -0.2) is 34.0 Å². The van der Waals surface area contributed by atoms with Gasteiger partial charge < -0.3 is 15.8 Å². The number of rotatable bonds is 4. The lowest BCUT2D eigenvalue weighted by molar-refractivity contribution is -0.121. The molecule has 2 rings (SSSR count). The molecular weight excluding hydrogens is 294 g/mol. The summed E-state index contributed by atoms with van der Waals surface area (Å²) in [6, 6.07) is 2.18. The molecule has 0 bridgehead atoms. The highest BCUT2D eigenvalue weighted by atomic mass is 32.2. The first-order chi connectivity index (χ1) is 9.85. The van der Waals surface area contributed by atoms with Crippen LogP contribution >= 0.6 is 0 Å². The second kappa shape index (κ2) is 5.90. The number of nitrogen functional groups attached to an aromatic ring is 1. The Kier molecular flexibility index (Phi) is 4.38. The summed E-state index contributed by atoms with van der Waals surface area (Å²) in [5.41, 5.74) is 6.90. The number of hydrogen-bond donors (Lipinski definition) is 3. The van der Waals surface area contributed by atoms with E-state index in [4.69, 9.17) is 10.5 Å². The van der Waals surface area contributed by atoms with Crippen LogP contribution in [0.4, 0.5) is 5.69 Å². The van der Waals surface area contributed by atoms with Gasteiger partial charge in [0.05, 0.1) is 12.6 Å². The number of amides is 1. The van der Waals surface area contributed by atoms with E-state index in [1.165, 1.54) is 20.0 Å². The van der Waals surface area contributed by atoms with Crippen molar-refractivity contribution in [1.82, 2.24) is 10.0 Å². The van der Waals surface area contributed by atoms with E-state index < -0.39 is 22.0 Å². The Morgan fingerprint density at radius 2 is 2.14 bits per heavy atom. The van der Waals surface area contributed by atoms with Crippen molar-refractivity contribution in [2.75, 3.05) is 19.4 Å². The molecule has 0 aliphatic carbocycles. The summed E-state index contributed by atoms with van der Waals surface area (Å²) in [6.45, 7) is 1.93. The molecule has 1 aliphatic heterocycles. The predicted molar refractivity (Wildman–Crippen MR) is 78.5 cm³/mol. The van der Waals surface area contributed by atoms with E-state index in [1.807, 2.05) is 0 Å². The maximum Gasteiger partial charge on any atom is 0.245 e. The summed E-state index contributed by atoms with van der Waals surface area (Å²) in [7, 11) is -2.45. The SMILES string of the molecule is CNC(=O)C(C)NS(=O)(=O)c1cc(N)cc2c1OCCC2. The monoisotopic (exact) mass is 313 g/mol. The number of anilines is 1. The van der Waals surface area contributed by atoms with Gasteiger partial charge in [-0.3, -0.25) is 4.79 Å². The minimum absolute atomic E-state index is 0.0204. The third-order valence-electron chi connectivity index (χ3n) is 3.25. The predicted octanol–water partition coefficient (Wildman–Crippen LogP) is 0.00660. The van der Waals surface area contributed by atoms with Crippen LogP contribution < -0.4 is 20.5 Å². The molecule has 1 amide bonds. The Morgan fingerprint density at radius 1 is 1.43 bits per heavy atom. The highest BCUT2D eigenvalue weighted by Gasteiger charge is 2.28. The van der Waals surface area contributed by atoms with Gasteiger partial charge in [-0.15, -0.1) is 0 Å². The number of nitrogens with one attached hydrogen (secondary N) is 2. The minimum Gasteiger partial charge on any atom is -0.492 e. The van der Waals surface area contributed by atoms with E-state index in [0.29, 0.717) is 24.5 Å². The second-order valence-corrected chi connectivity index (χ2v) is 6.60. The molecular formula is C13H19N3O4S. The van der Waals surface area contributed by atoms with Gasteiger partial charge >= 0.3 is 0 Å². The Bertz CT molecular complexity index is 658. The van der Waals surface area contributed by atoms with Gasteiger partial charge in [-0.05, 0) is 37.5 Å². The number of ether oxygens (including phenoxy) is 1. The first-order valence-electron chi connectivity index (χ1n) is 6.64. The van der Waals surface area contributed by atoms with Gasteiger partial charge in [0.15, 0.2) is 0 Å². The number of carbonyl (C=O) groups is 1. The van der Waals surface area contributed by atoms with Gasteiger partial charge in [-0.25, -0.2) is 8.42 Å². The van der Waals surface area contributed by atoms with E-state index in [-0.39, 0.29) is 4.90 Å². The number of hydrogen-bond acceptors (Lipinski definition) is 5. The smallest absolute Gasteiger partial charge is 0.245 e. The van der Waals surface area contributed by atoms with Gasteiger partial charge in [0.25, 0.3) is 0 Å². The maximum absolute atomic E-state index is 12.5. The fourth-order valence-electron chi connectivity index (χ4n) is 2.24. The Balaban J connectivity index is 2.40. The first-order valence-corrected chi connectivity index (χ1v) is 8.12. The van der Waals surface area contributed by atoms with Crippen LogP contribution in [0.5, 0.6) is 5.75 Å². The molecule has 1 heterocycles.